The van der Waals surface area contributed by atoms with E-state index < -0.39 is 18.1 Å². The molecule has 0 N–H and O–H groups in total. The summed E-state index contributed by atoms with van der Waals surface area (Å²) in [4.78, 5) is 4.91. The summed E-state index contributed by atoms with van der Waals surface area (Å²) in [6.45, 7) is 13.1. The number of benzene rings is 8. The van der Waals surface area contributed by atoms with Gasteiger partial charge < -0.3 is 13.9 Å². The zero-order valence-corrected chi connectivity index (χ0v) is 40.9. The van der Waals surface area contributed by atoms with Crippen LogP contribution in [0.15, 0.2) is 194 Å². The van der Waals surface area contributed by atoms with Gasteiger partial charge in [-0.3, -0.25) is 4.57 Å². The van der Waals surface area contributed by atoms with Crippen molar-refractivity contribution < 1.29 is 37.2 Å². The van der Waals surface area contributed by atoms with Crippen LogP contribution >= 0.6 is 0 Å². The van der Waals surface area contributed by atoms with Gasteiger partial charge in [0.15, 0.2) is 0 Å². The molecule has 0 saturated heterocycles. The van der Waals surface area contributed by atoms with Crippen LogP contribution in [-0.2, 0) is 31.9 Å². The molecule has 0 spiro atoms. The van der Waals surface area contributed by atoms with Crippen molar-refractivity contribution in [1.82, 2.24) is 14.1 Å². The summed E-state index contributed by atoms with van der Waals surface area (Å²) in [6.07, 6.45) is 5.49. The van der Waals surface area contributed by atoms with Crippen molar-refractivity contribution in [2.24, 2.45) is 0 Å². The van der Waals surface area contributed by atoms with Crippen molar-refractivity contribution in [2.75, 3.05) is 0 Å². The molecule has 8 aromatic carbocycles. The molecule has 3 heterocycles. The van der Waals surface area contributed by atoms with Crippen molar-refractivity contribution in [1.29, 1.82) is 0 Å². The minimum Gasteiger partial charge on any atom is -0.510 e. The number of hydrogen-bond acceptors (Lipinski definition) is 2. The first-order valence-corrected chi connectivity index (χ1v) is 22.5. The van der Waals surface area contributed by atoms with E-state index in [1.54, 1.807) is 0 Å². The van der Waals surface area contributed by atoms with Crippen molar-refractivity contribution in [3.8, 4) is 62.1 Å². The summed E-state index contributed by atoms with van der Waals surface area (Å²) in [5, 5.41) is 2.09. The summed E-state index contributed by atoms with van der Waals surface area (Å²) in [7, 11) is 0. The van der Waals surface area contributed by atoms with Gasteiger partial charge in [0, 0.05) is 44.3 Å². The van der Waals surface area contributed by atoms with Crippen LogP contribution in [0.5, 0.6) is 11.5 Å². The SMILES string of the molecule is [2H]c1c([2H])c([2H])c(-c2cccc(-c3ccc(C(C)(C)C)cc3)c2-[n+]2[c-]n(-c3[c-]c(Oc4[c-]c5c(cc4)c4cc(-c6ccccc6)ccc4n5-c4cc(C(C)(C)C)ccn4)ccc3)c3ccccc32)c([2H])c1[2H].[Pt]. The number of para-hydroxylation sites is 3. The maximum Gasteiger partial charge on any atom is 0.268 e. The van der Waals surface area contributed by atoms with E-state index in [4.69, 9.17) is 16.6 Å². The van der Waals surface area contributed by atoms with Gasteiger partial charge in [-0.15, -0.1) is 29.7 Å². The molecule has 0 bridgehead atoms. The molecule has 0 saturated carbocycles. The Morgan fingerprint density at radius 2 is 1.25 bits per heavy atom. The number of ether oxygens (including phenoxy) is 1. The Bertz CT molecular complexity index is 3900. The van der Waals surface area contributed by atoms with Crippen molar-refractivity contribution in [3.63, 3.8) is 0 Å². The molecule has 0 aliphatic carbocycles. The van der Waals surface area contributed by atoms with Gasteiger partial charge in [-0.1, -0.05) is 186 Å². The molecular formula is C62H50N4OPt-2. The van der Waals surface area contributed by atoms with E-state index in [0.29, 0.717) is 28.4 Å². The molecule has 5 nitrogen and oxygen atoms in total. The third-order valence-electron chi connectivity index (χ3n) is 12.5. The number of hydrogen-bond donors (Lipinski definition) is 0. The monoisotopic (exact) mass is 1070 g/mol. The summed E-state index contributed by atoms with van der Waals surface area (Å²) in [5.41, 5.74) is 11.3. The second-order valence-corrected chi connectivity index (χ2v) is 19.0. The predicted molar refractivity (Wildman–Crippen MR) is 274 cm³/mol. The molecule has 0 aliphatic rings. The fourth-order valence-electron chi connectivity index (χ4n) is 8.94. The van der Waals surface area contributed by atoms with E-state index in [2.05, 4.69) is 149 Å². The summed E-state index contributed by atoms with van der Waals surface area (Å²) in [6, 6.07) is 58.2. The van der Waals surface area contributed by atoms with Gasteiger partial charge in [0.2, 0.25) is 0 Å². The molecule has 0 amide bonds. The molecule has 11 aromatic rings. The molecular weight excluding hydrogens is 1010 g/mol. The molecule has 6 heteroatoms. The Morgan fingerprint density at radius 3 is 2.01 bits per heavy atom. The molecule has 68 heavy (non-hydrogen) atoms. The van der Waals surface area contributed by atoms with E-state index in [9.17, 15) is 0 Å². The molecule has 3 aromatic heterocycles. The Morgan fingerprint density at radius 1 is 0.559 bits per heavy atom. The second-order valence-electron chi connectivity index (χ2n) is 19.0. The van der Waals surface area contributed by atoms with Gasteiger partial charge in [0.25, 0.3) is 6.33 Å². The van der Waals surface area contributed by atoms with Crippen LogP contribution in [0.1, 0.15) is 59.5 Å². The molecule has 0 atom stereocenters. The fourth-order valence-corrected chi connectivity index (χ4v) is 8.94. The molecule has 336 valence electrons. The minimum atomic E-state index is -0.446. The Labute approximate surface area is 420 Å². The van der Waals surface area contributed by atoms with Gasteiger partial charge in [-0.25, -0.2) is 4.98 Å². The fraction of sp³-hybridized carbons (Fsp3) is 0.129. The van der Waals surface area contributed by atoms with E-state index in [1.807, 2.05) is 88.1 Å². The van der Waals surface area contributed by atoms with Gasteiger partial charge in [-0.2, -0.15) is 18.2 Å². The maximum absolute atomic E-state index is 9.10. The quantitative estimate of drug-likeness (QED) is 0.112. The number of rotatable bonds is 8. The predicted octanol–water partition coefficient (Wildman–Crippen LogP) is 15.2. The van der Waals surface area contributed by atoms with Crippen molar-refractivity contribution in [2.45, 2.75) is 52.4 Å². The summed E-state index contributed by atoms with van der Waals surface area (Å²) in [5.74, 6) is 1.75. The van der Waals surface area contributed by atoms with Gasteiger partial charge in [0.05, 0.1) is 23.6 Å². The third kappa shape index (κ3) is 8.26. The van der Waals surface area contributed by atoms with Crippen molar-refractivity contribution >= 4 is 32.8 Å². The first-order valence-electron chi connectivity index (χ1n) is 25.0. The largest absolute Gasteiger partial charge is 0.510 e. The van der Waals surface area contributed by atoms with E-state index in [-0.39, 0.29) is 49.5 Å². The van der Waals surface area contributed by atoms with E-state index in [0.717, 1.165) is 60.9 Å². The zero-order chi connectivity index (χ0) is 50.2. The molecule has 0 radical (unpaired) electrons. The second kappa shape index (κ2) is 17.7. The van der Waals surface area contributed by atoms with Crippen molar-refractivity contribution in [3.05, 3.63) is 224 Å². The number of imidazole rings is 1. The van der Waals surface area contributed by atoms with Crippen LogP contribution in [-0.4, -0.2) is 14.1 Å². The van der Waals surface area contributed by atoms with Crippen LogP contribution in [0.2, 0.25) is 0 Å². The van der Waals surface area contributed by atoms with Crippen LogP contribution in [0.25, 0.3) is 83.4 Å². The maximum atomic E-state index is 9.10. The topological polar surface area (TPSA) is 35.9 Å². The average molecular weight is 1070 g/mol. The zero-order valence-electron chi connectivity index (χ0n) is 43.6. The Kier molecular flexibility index (Phi) is 10.1. The number of aromatic nitrogens is 4. The summed E-state index contributed by atoms with van der Waals surface area (Å²) < 4.78 is 56.6. The minimum absolute atomic E-state index is 0. The normalized spacial score (nSPS) is 12.9. The van der Waals surface area contributed by atoms with E-state index in [1.165, 1.54) is 11.1 Å². The molecule has 0 fully saturated rings. The van der Waals surface area contributed by atoms with Gasteiger partial charge in [-0.05, 0) is 84.6 Å². The van der Waals surface area contributed by atoms with Crippen LogP contribution in [0.4, 0.5) is 0 Å². The van der Waals surface area contributed by atoms with Crippen LogP contribution in [0, 0.1) is 18.5 Å². The Hall–Kier alpha value is -7.33. The average Bonchev–Trinajstić information content (AvgIpc) is 3.93. The molecule has 0 aliphatic heterocycles. The summed E-state index contributed by atoms with van der Waals surface area (Å²) >= 11 is 0. The number of pyridine rings is 1. The molecule has 11 rings (SSSR count). The smallest absolute Gasteiger partial charge is 0.268 e. The van der Waals surface area contributed by atoms with Gasteiger partial charge >= 0.3 is 0 Å². The number of nitrogens with zero attached hydrogens (tertiary/aromatic N) is 4. The van der Waals surface area contributed by atoms with Crippen LogP contribution in [0.3, 0.4) is 0 Å². The molecule has 0 unspecified atom stereocenters. The third-order valence-corrected chi connectivity index (χ3v) is 12.5. The Balaban J connectivity index is 0.00000611. The van der Waals surface area contributed by atoms with Crippen LogP contribution < -0.4 is 9.30 Å². The first kappa shape index (κ1) is 38.7. The first-order chi connectivity index (χ1) is 34.5. The van der Waals surface area contributed by atoms with E-state index >= 15 is 0 Å². The van der Waals surface area contributed by atoms with Gasteiger partial charge in [0.1, 0.15) is 5.82 Å². The standard InChI is InChI=1S/C62H50N4O.Pt/c1-61(2,3)46-30-27-44(28-31-46)52-24-16-23-51(43-19-11-8-12-20-43)60(52)65-41-64(56-25-13-14-26-57(56)65)48-21-15-22-49(39-48)67-50-32-33-53-54-37-45(42-17-9-7-10-18-42)29-34-55(54)66(58(53)40-50)59-38-47(35-36-63-59)62(4,5)6;/h7-38H,1-6H3;/q-2;/i8D,11D,12D,19D,20D;. The number of fused-ring (bicyclic) bond motifs is 4.